The summed E-state index contributed by atoms with van der Waals surface area (Å²) in [4.78, 5) is 25.9. The maximum Gasteiger partial charge on any atom is 0.453 e. The lowest BCUT2D eigenvalue weighted by molar-refractivity contribution is -0.146. The van der Waals surface area contributed by atoms with Gasteiger partial charge >= 0.3 is 12.1 Å². The second kappa shape index (κ2) is 8.84. The number of nitrogens with two attached hydrogens (primary N) is 1. The van der Waals surface area contributed by atoms with Crippen LogP contribution in [0.25, 0.3) is 0 Å². The van der Waals surface area contributed by atoms with Crippen LogP contribution < -0.4 is 11.2 Å². The number of thioether (sulfide) groups is 1. The number of halogens is 3. The van der Waals surface area contributed by atoms with E-state index >= 15 is 0 Å². The average Bonchev–Trinajstić information content (AvgIpc) is 3.19. The third kappa shape index (κ3) is 4.72. The molecular weight excluding hydrogens is 443 g/mol. The first-order valence-electron chi connectivity index (χ1n) is 9.13. The summed E-state index contributed by atoms with van der Waals surface area (Å²) in [7, 11) is 0. The number of thiophene rings is 1. The summed E-state index contributed by atoms with van der Waals surface area (Å²) in [5.74, 6) is 3.23. The molecule has 1 aliphatic carbocycles. The minimum Gasteiger partial charge on any atom is -0.462 e. The van der Waals surface area contributed by atoms with Gasteiger partial charge in [0.15, 0.2) is 0 Å². The summed E-state index contributed by atoms with van der Waals surface area (Å²) in [6.07, 6.45) is -2.27. The van der Waals surface area contributed by atoms with Gasteiger partial charge in [0.05, 0.1) is 17.9 Å². The molecule has 3 rings (SSSR count). The molecule has 8 nitrogen and oxygen atoms in total. The summed E-state index contributed by atoms with van der Waals surface area (Å²) in [6, 6.07) is 0. The summed E-state index contributed by atoms with van der Waals surface area (Å²) < 4.78 is 43.7. The Morgan fingerprint density at radius 3 is 2.77 bits per heavy atom. The first-order valence-corrected chi connectivity index (χ1v) is 10.9. The zero-order chi connectivity index (χ0) is 22.1. The zero-order valence-corrected chi connectivity index (χ0v) is 17.8. The van der Waals surface area contributed by atoms with E-state index in [-0.39, 0.29) is 17.5 Å². The highest BCUT2D eigenvalue weighted by Gasteiger charge is 2.38. The Morgan fingerprint density at radius 2 is 2.13 bits per heavy atom. The van der Waals surface area contributed by atoms with Crippen molar-refractivity contribution in [2.24, 2.45) is 5.92 Å². The smallest absolute Gasteiger partial charge is 0.453 e. The number of ether oxygens (including phenoxy) is 1. The van der Waals surface area contributed by atoms with E-state index in [9.17, 15) is 22.8 Å². The predicted octanol–water partition coefficient (Wildman–Crippen LogP) is 3.10. The fourth-order valence-corrected chi connectivity index (χ4v) is 5.19. The van der Waals surface area contributed by atoms with Crippen molar-refractivity contribution in [1.82, 2.24) is 14.9 Å². The van der Waals surface area contributed by atoms with Crippen LogP contribution in [0.2, 0.25) is 0 Å². The van der Waals surface area contributed by atoms with Crippen LogP contribution in [-0.4, -0.2) is 39.1 Å². The maximum absolute atomic E-state index is 12.7. The molecule has 0 radical (unpaired) electrons. The fraction of sp³-hybridized carbons (Fsp3) is 0.529. The molecule has 0 aromatic carbocycles. The van der Waals surface area contributed by atoms with Crippen LogP contribution in [0.1, 0.15) is 46.9 Å². The van der Waals surface area contributed by atoms with Crippen LogP contribution in [0.15, 0.2) is 5.16 Å². The van der Waals surface area contributed by atoms with Gasteiger partial charge in [-0.1, -0.05) is 18.7 Å². The van der Waals surface area contributed by atoms with Crippen LogP contribution >= 0.6 is 23.1 Å². The van der Waals surface area contributed by atoms with E-state index in [4.69, 9.17) is 10.6 Å². The second-order valence-corrected chi connectivity index (χ2v) is 8.83. The number of nitrogens with one attached hydrogen (secondary N) is 1. The van der Waals surface area contributed by atoms with Gasteiger partial charge in [-0.15, -0.1) is 21.5 Å². The van der Waals surface area contributed by atoms with Crippen molar-refractivity contribution in [3.8, 4) is 0 Å². The van der Waals surface area contributed by atoms with Crippen LogP contribution in [0.3, 0.4) is 0 Å². The Hall–Kier alpha value is -2.28. The molecule has 30 heavy (non-hydrogen) atoms. The number of hydrogen-bond donors (Lipinski definition) is 2. The maximum atomic E-state index is 12.7. The molecule has 2 heterocycles. The quantitative estimate of drug-likeness (QED) is 0.385. The van der Waals surface area contributed by atoms with Gasteiger partial charge in [0.1, 0.15) is 5.00 Å². The van der Waals surface area contributed by atoms with Crippen molar-refractivity contribution in [3.05, 3.63) is 21.8 Å². The summed E-state index contributed by atoms with van der Waals surface area (Å²) in [5, 5.41) is 9.21. The monoisotopic (exact) mass is 463 g/mol. The fourth-order valence-electron chi connectivity index (χ4n) is 3.12. The SMILES string of the molecule is CCOC(=O)c1c(NC(=O)CSc2nnc(C(F)(F)F)n2N)sc2c1CCC(C)C2. The number of fused-ring (bicyclic) bond motifs is 1. The summed E-state index contributed by atoms with van der Waals surface area (Å²) in [5.41, 5.74) is 1.26. The Kier molecular flexibility index (Phi) is 6.60. The molecule has 2 aromatic rings. The Balaban J connectivity index is 1.74. The highest BCUT2D eigenvalue weighted by Crippen LogP contribution is 2.40. The number of rotatable bonds is 6. The van der Waals surface area contributed by atoms with Crippen LogP contribution in [-0.2, 0) is 28.5 Å². The molecule has 0 fully saturated rings. The molecule has 0 aliphatic heterocycles. The number of amides is 1. The van der Waals surface area contributed by atoms with Crippen molar-refractivity contribution in [2.45, 2.75) is 44.4 Å². The number of carbonyl (C=O) groups excluding carboxylic acids is 2. The van der Waals surface area contributed by atoms with Crippen LogP contribution in [0.5, 0.6) is 0 Å². The number of carbonyl (C=O) groups is 2. The van der Waals surface area contributed by atoms with E-state index in [2.05, 4.69) is 22.4 Å². The lowest BCUT2D eigenvalue weighted by Crippen LogP contribution is -2.22. The largest absolute Gasteiger partial charge is 0.462 e. The van der Waals surface area contributed by atoms with E-state index in [1.165, 1.54) is 11.3 Å². The third-order valence-electron chi connectivity index (χ3n) is 4.49. The molecule has 0 bridgehead atoms. The van der Waals surface area contributed by atoms with E-state index in [1.54, 1.807) is 6.92 Å². The number of aromatic nitrogens is 3. The standard InChI is InChI=1S/C17H20F3N5O3S2/c1-3-28-14(27)12-9-5-4-8(2)6-10(9)30-13(12)22-11(26)7-29-16-24-23-15(25(16)21)17(18,19)20/h8H,3-7,21H2,1-2H3,(H,22,26). The molecule has 0 saturated heterocycles. The molecule has 1 aliphatic rings. The van der Waals surface area contributed by atoms with Gasteiger partial charge in [-0.25, -0.2) is 9.47 Å². The van der Waals surface area contributed by atoms with Crippen molar-refractivity contribution in [2.75, 3.05) is 23.5 Å². The summed E-state index contributed by atoms with van der Waals surface area (Å²) in [6.45, 7) is 4.03. The first-order chi connectivity index (χ1) is 14.1. The Morgan fingerprint density at radius 1 is 1.40 bits per heavy atom. The molecule has 0 saturated carbocycles. The van der Waals surface area contributed by atoms with Crippen LogP contribution in [0, 0.1) is 5.92 Å². The predicted molar refractivity (Wildman–Crippen MR) is 106 cm³/mol. The number of nitrogens with zero attached hydrogens (tertiary/aromatic N) is 3. The van der Waals surface area contributed by atoms with Crippen molar-refractivity contribution >= 4 is 40.0 Å². The van der Waals surface area contributed by atoms with E-state index < -0.39 is 23.9 Å². The van der Waals surface area contributed by atoms with Gasteiger partial charge in [0, 0.05) is 4.88 Å². The molecule has 164 valence electrons. The average molecular weight is 464 g/mol. The van der Waals surface area contributed by atoms with E-state index in [0.717, 1.165) is 29.7 Å². The lowest BCUT2D eigenvalue weighted by Gasteiger charge is -2.18. The van der Waals surface area contributed by atoms with Crippen LogP contribution in [0.4, 0.5) is 18.2 Å². The zero-order valence-electron chi connectivity index (χ0n) is 16.2. The molecule has 1 amide bonds. The highest BCUT2D eigenvalue weighted by molar-refractivity contribution is 7.99. The van der Waals surface area contributed by atoms with Gasteiger partial charge in [-0.2, -0.15) is 13.2 Å². The Bertz CT molecular complexity index is 957. The summed E-state index contributed by atoms with van der Waals surface area (Å²) >= 11 is 2.04. The molecule has 3 N–H and O–H groups in total. The molecule has 1 atom stereocenters. The number of nitrogen functional groups attached to an aromatic ring is 1. The molecule has 2 aromatic heterocycles. The normalized spacial score (nSPS) is 16.2. The van der Waals surface area contributed by atoms with Crippen molar-refractivity contribution in [3.63, 3.8) is 0 Å². The number of hydrogen-bond acceptors (Lipinski definition) is 8. The number of alkyl halides is 3. The topological polar surface area (TPSA) is 112 Å². The second-order valence-electron chi connectivity index (χ2n) is 6.79. The van der Waals surface area contributed by atoms with E-state index in [0.29, 0.717) is 32.9 Å². The van der Waals surface area contributed by atoms with Gasteiger partial charge in [0.25, 0.3) is 5.82 Å². The number of anilines is 1. The molecular formula is C17H20F3N5O3S2. The highest BCUT2D eigenvalue weighted by atomic mass is 32.2. The van der Waals surface area contributed by atoms with E-state index in [1.807, 2.05) is 0 Å². The van der Waals surface area contributed by atoms with Gasteiger partial charge in [-0.05, 0) is 37.7 Å². The Labute approximate surface area is 178 Å². The minimum absolute atomic E-state index is 0.205. The molecule has 13 heteroatoms. The van der Waals surface area contributed by atoms with Gasteiger partial charge in [0.2, 0.25) is 11.1 Å². The third-order valence-corrected chi connectivity index (χ3v) is 6.61. The number of esters is 1. The van der Waals surface area contributed by atoms with Crippen molar-refractivity contribution in [1.29, 1.82) is 0 Å². The van der Waals surface area contributed by atoms with Gasteiger partial charge < -0.3 is 15.9 Å². The molecule has 0 spiro atoms. The van der Waals surface area contributed by atoms with Crippen molar-refractivity contribution < 1.29 is 27.5 Å². The molecule has 1 unspecified atom stereocenters. The van der Waals surface area contributed by atoms with Gasteiger partial charge in [-0.3, -0.25) is 4.79 Å². The lowest BCUT2D eigenvalue weighted by atomic mass is 9.88. The first kappa shape index (κ1) is 22.4. The minimum atomic E-state index is -4.75.